The molecule has 6 aromatic carbocycles. The Kier molecular flexibility index (Phi) is 7.65. The Morgan fingerprint density at radius 3 is 1.04 bits per heavy atom. The van der Waals surface area contributed by atoms with Gasteiger partial charge in [0.25, 0.3) is 0 Å². The normalized spacial score (nSPS) is 11.6. The summed E-state index contributed by atoms with van der Waals surface area (Å²) < 4.78 is 2.35. The molecule has 0 radical (unpaired) electrons. The fourth-order valence-electron chi connectivity index (χ4n) is 8.34. The van der Waals surface area contributed by atoms with E-state index in [0.29, 0.717) is 0 Å². The zero-order chi connectivity index (χ0) is 33.3. The zero-order valence-electron chi connectivity index (χ0n) is 29.0. The van der Waals surface area contributed by atoms with E-state index >= 15 is 0 Å². The molecule has 0 spiro atoms. The van der Waals surface area contributed by atoms with Crippen LogP contribution in [-0.2, 0) is 0 Å². The first-order valence-corrected chi connectivity index (χ1v) is 16.9. The Balaban J connectivity index is 1.50. The molecule has 0 fully saturated rings. The minimum atomic E-state index is 0.740. The minimum Gasteiger partial charge on any atom is -0.308 e. The van der Waals surface area contributed by atoms with E-state index in [-0.39, 0.29) is 0 Å². The van der Waals surface area contributed by atoms with Gasteiger partial charge >= 0.3 is 0 Å². The van der Waals surface area contributed by atoms with Gasteiger partial charge in [-0.3, -0.25) is 0 Å². The fraction of sp³-hybridized carbons (Fsp3) is 0.200. The molecule has 0 saturated heterocycles. The zero-order valence-corrected chi connectivity index (χ0v) is 29.7. The summed E-state index contributed by atoms with van der Waals surface area (Å²) in [5.41, 5.74) is 22.4. The lowest BCUT2D eigenvalue weighted by molar-refractivity contribution is 1.18. The van der Waals surface area contributed by atoms with Gasteiger partial charge in [0, 0.05) is 10.8 Å². The SMILES string of the molecule is Cc1cc(C)c(-c2ccc(-n3c4ccc(-c5c(C)cc(C)cc5C)cc4c4cc(-c5c(C)cc(C)cc5C)ccc43)c(Cl)c2)c(C)c1. The summed E-state index contributed by atoms with van der Waals surface area (Å²) in [4.78, 5) is 0. The lowest BCUT2D eigenvalue weighted by Crippen LogP contribution is -1.97. The molecule has 234 valence electrons. The van der Waals surface area contributed by atoms with Crippen molar-refractivity contribution in [3.8, 4) is 39.1 Å². The lowest BCUT2D eigenvalue weighted by Gasteiger charge is -2.16. The molecule has 0 aliphatic rings. The third-order valence-electron chi connectivity index (χ3n) is 9.85. The van der Waals surface area contributed by atoms with Crippen molar-refractivity contribution in [2.24, 2.45) is 0 Å². The highest BCUT2D eigenvalue weighted by atomic mass is 35.5. The Labute approximate surface area is 284 Å². The van der Waals surface area contributed by atoms with Crippen molar-refractivity contribution in [2.45, 2.75) is 62.3 Å². The molecule has 0 bridgehead atoms. The van der Waals surface area contributed by atoms with E-state index in [0.717, 1.165) is 27.3 Å². The van der Waals surface area contributed by atoms with Crippen molar-refractivity contribution in [1.82, 2.24) is 4.57 Å². The van der Waals surface area contributed by atoms with E-state index in [1.165, 1.54) is 88.7 Å². The van der Waals surface area contributed by atoms with E-state index in [4.69, 9.17) is 11.6 Å². The van der Waals surface area contributed by atoms with Crippen molar-refractivity contribution in [3.63, 3.8) is 0 Å². The topological polar surface area (TPSA) is 4.93 Å². The van der Waals surface area contributed by atoms with Gasteiger partial charge in [-0.25, -0.2) is 0 Å². The highest BCUT2D eigenvalue weighted by molar-refractivity contribution is 6.33. The smallest absolute Gasteiger partial charge is 0.0652 e. The molecule has 2 heteroatoms. The van der Waals surface area contributed by atoms with Crippen LogP contribution in [0.1, 0.15) is 50.1 Å². The molecule has 0 amide bonds. The molecule has 1 heterocycles. The van der Waals surface area contributed by atoms with Crippen molar-refractivity contribution in [2.75, 3.05) is 0 Å². The van der Waals surface area contributed by atoms with Gasteiger partial charge in [0.2, 0.25) is 0 Å². The average Bonchev–Trinajstić information content (AvgIpc) is 3.29. The highest BCUT2D eigenvalue weighted by Gasteiger charge is 2.19. The average molecular weight is 632 g/mol. The maximum absolute atomic E-state index is 7.25. The second kappa shape index (κ2) is 11.6. The molecule has 0 unspecified atom stereocenters. The number of hydrogen-bond donors (Lipinski definition) is 0. The van der Waals surface area contributed by atoms with E-state index < -0.39 is 0 Å². The van der Waals surface area contributed by atoms with Gasteiger partial charge in [-0.05, 0) is 165 Å². The van der Waals surface area contributed by atoms with Crippen LogP contribution >= 0.6 is 11.6 Å². The van der Waals surface area contributed by atoms with Gasteiger partial charge in [0.15, 0.2) is 0 Å². The second-order valence-electron chi connectivity index (χ2n) is 13.8. The standard InChI is InChI=1S/C45H42ClN/c1-25-16-28(4)43(29(5)17-25)34-10-13-40-37(22-34)38-23-35(44-30(6)18-26(2)19-31(44)7)11-14-41(38)47(40)42-15-12-36(24-39(42)46)45-32(8)20-27(3)21-33(45)9/h10-24H,1-9H3. The Hall–Kier alpha value is -4.59. The number of rotatable bonds is 4. The summed E-state index contributed by atoms with van der Waals surface area (Å²) in [6.45, 7) is 19.8. The number of aromatic nitrogens is 1. The maximum Gasteiger partial charge on any atom is 0.0652 e. The van der Waals surface area contributed by atoms with Crippen molar-refractivity contribution in [1.29, 1.82) is 0 Å². The first-order valence-electron chi connectivity index (χ1n) is 16.5. The molecule has 0 aliphatic carbocycles. The van der Waals surface area contributed by atoms with E-state index in [1.807, 2.05) is 0 Å². The van der Waals surface area contributed by atoms with Crippen LogP contribution < -0.4 is 0 Å². The van der Waals surface area contributed by atoms with Crippen molar-refractivity contribution < 1.29 is 0 Å². The van der Waals surface area contributed by atoms with Gasteiger partial charge in [-0.2, -0.15) is 0 Å². The molecular weight excluding hydrogens is 590 g/mol. The number of halogens is 1. The first kappa shape index (κ1) is 31.0. The van der Waals surface area contributed by atoms with Crippen LogP contribution in [0.2, 0.25) is 5.02 Å². The summed E-state index contributed by atoms with van der Waals surface area (Å²) in [6.07, 6.45) is 0. The van der Waals surface area contributed by atoms with Crippen LogP contribution in [0.15, 0.2) is 91.0 Å². The summed E-state index contributed by atoms with van der Waals surface area (Å²) in [5, 5.41) is 3.20. The number of nitrogens with zero attached hydrogens (tertiary/aromatic N) is 1. The summed E-state index contributed by atoms with van der Waals surface area (Å²) in [7, 11) is 0. The Bertz CT molecular complexity index is 2220. The van der Waals surface area contributed by atoms with E-state index in [1.54, 1.807) is 0 Å². The predicted octanol–water partition coefficient (Wildman–Crippen LogP) is 13.2. The first-order chi connectivity index (χ1) is 22.4. The number of hydrogen-bond acceptors (Lipinski definition) is 0. The highest BCUT2D eigenvalue weighted by Crippen LogP contribution is 2.41. The van der Waals surface area contributed by atoms with Crippen molar-refractivity contribution >= 4 is 33.4 Å². The number of aryl methyl sites for hydroxylation is 9. The van der Waals surface area contributed by atoms with Gasteiger partial charge in [0.05, 0.1) is 21.7 Å². The molecule has 7 aromatic rings. The number of fused-ring (bicyclic) bond motifs is 3. The molecule has 0 saturated carbocycles. The number of benzene rings is 6. The van der Waals surface area contributed by atoms with Crippen LogP contribution in [0.5, 0.6) is 0 Å². The summed E-state index contributed by atoms with van der Waals surface area (Å²) >= 11 is 7.25. The fourth-order valence-corrected chi connectivity index (χ4v) is 8.61. The molecule has 0 N–H and O–H groups in total. The van der Waals surface area contributed by atoms with E-state index in [2.05, 4.69) is 158 Å². The van der Waals surface area contributed by atoms with Gasteiger partial charge in [0.1, 0.15) is 0 Å². The predicted molar refractivity (Wildman–Crippen MR) is 205 cm³/mol. The molecule has 1 aromatic heterocycles. The van der Waals surface area contributed by atoms with Crippen LogP contribution in [0, 0.1) is 62.3 Å². The van der Waals surface area contributed by atoms with E-state index in [9.17, 15) is 0 Å². The largest absolute Gasteiger partial charge is 0.308 e. The van der Waals surface area contributed by atoms with Crippen molar-refractivity contribution in [3.05, 3.63) is 146 Å². The molecule has 7 rings (SSSR count). The van der Waals surface area contributed by atoms with Crippen LogP contribution in [0.25, 0.3) is 60.9 Å². The second-order valence-corrected chi connectivity index (χ2v) is 14.2. The summed E-state index contributed by atoms with van der Waals surface area (Å²) in [5.74, 6) is 0. The summed E-state index contributed by atoms with van der Waals surface area (Å²) in [6, 6.07) is 34.1. The Morgan fingerprint density at radius 1 is 0.383 bits per heavy atom. The molecule has 0 atom stereocenters. The van der Waals surface area contributed by atoms with Gasteiger partial charge in [-0.15, -0.1) is 0 Å². The van der Waals surface area contributed by atoms with Gasteiger partial charge in [-0.1, -0.05) is 82.9 Å². The third-order valence-corrected chi connectivity index (χ3v) is 10.2. The lowest BCUT2D eigenvalue weighted by atomic mass is 9.91. The molecule has 1 nitrogen and oxygen atoms in total. The molecule has 47 heavy (non-hydrogen) atoms. The molecule has 0 aliphatic heterocycles. The monoisotopic (exact) mass is 631 g/mol. The van der Waals surface area contributed by atoms with Crippen LogP contribution in [0.4, 0.5) is 0 Å². The quantitative estimate of drug-likeness (QED) is 0.182. The van der Waals surface area contributed by atoms with Crippen LogP contribution in [-0.4, -0.2) is 4.57 Å². The maximum atomic E-state index is 7.25. The van der Waals surface area contributed by atoms with Gasteiger partial charge < -0.3 is 4.57 Å². The minimum absolute atomic E-state index is 0.740. The van der Waals surface area contributed by atoms with Crippen LogP contribution in [0.3, 0.4) is 0 Å². The Morgan fingerprint density at radius 2 is 0.702 bits per heavy atom. The third kappa shape index (κ3) is 5.28. The molecular formula is C45H42ClN.